The molecule has 5 aliphatic rings. The number of esters is 1. The Morgan fingerprint density at radius 2 is 1.91 bits per heavy atom. The minimum atomic E-state index is -1.34. The monoisotopic (exact) mass is 462 g/mol. The quantitative estimate of drug-likeness (QED) is 0.400. The molecule has 3 saturated carbocycles. The Labute approximate surface area is 197 Å². The maximum absolute atomic E-state index is 13.7. The van der Waals surface area contributed by atoms with E-state index >= 15 is 0 Å². The summed E-state index contributed by atoms with van der Waals surface area (Å²) in [6.07, 6.45) is 8.83. The zero-order chi connectivity index (χ0) is 23.6. The maximum Gasteiger partial charge on any atom is 0.331 e. The van der Waals surface area contributed by atoms with Crippen LogP contribution in [0.1, 0.15) is 56.3 Å². The van der Waals surface area contributed by atoms with Gasteiger partial charge >= 0.3 is 5.97 Å². The minimum Gasteiger partial charge on any atom is -0.467 e. The Kier molecular flexibility index (Phi) is 5.11. The molecule has 4 unspecified atom stereocenters. The molecule has 2 aromatic rings. The molecule has 7 rings (SSSR count). The van der Waals surface area contributed by atoms with E-state index in [-0.39, 0.29) is 17.3 Å². The van der Waals surface area contributed by atoms with Crippen LogP contribution >= 0.6 is 0 Å². The van der Waals surface area contributed by atoms with Crippen LogP contribution < -0.4 is 11.0 Å². The van der Waals surface area contributed by atoms with E-state index in [1.165, 1.54) is 25.5 Å². The molecule has 1 aromatic carbocycles. The Balaban J connectivity index is 1.39. The molecule has 6 atom stereocenters. The molecule has 5 fully saturated rings. The van der Waals surface area contributed by atoms with Crippen molar-refractivity contribution in [3.05, 3.63) is 64.2 Å². The van der Waals surface area contributed by atoms with Crippen molar-refractivity contribution >= 4 is 17.0 Å². The topological polar surface area (TPSA) is 96.7 Å². The zero-order valence-electron chi connectivity index (χ0n) is 19.3. The number of nitrogens with zero attached hydrogens (tertiary/aromatic N) is 3. The van der Waals surface area contributed by atoms with E-state index in [0.29, 0.717) is 29.4 Å². The second kappa shape index (κ2) is 8.06. The third-order valence-electron chi connectivity index (χ3n) is 8.50. The first-order valence-electron chi connectivity index (χ1n) is 12.2. The van der Waals surface area contributed by atoms with Crippen molar-refractivity contribution in [3.8, 4) is 0 Å². The van der Waals surface area contributed by atoms with Gasteiger partial charge in [-0.05, 0) is 56.2 Å². The Morgan fingerprint density at radius 1 is 1.21 bits per heavy atom. The van der Waals surface area contributed by atoms with Crippen LogP contribution in [0, 0.1) is 11.8 Å². The van der Waals surface area contributed by atoms with Gasteiger partial charge < -0.3 is 19.4 Å². The van der Waals surface area contributed by atoms with Gasteiger partial charge in [-0.3, -0.25) is 4.79 Å². The molecular weight excluding hydrogens is 432 g/mol. The van der Waals surface area contributed by atoms with E-state index in [1.807, 2.05) is 34.3 Å². The number of para-hydroxylation sites is 2. The molecule has 0 radical (unpaired) electrons. The van der Waals surface area contributed by atoms with E-state index in [9.17, 15) is 14.8 Å². The number of allylic oxidation sites excluding steroid dienone is 2. The summed E-state index contributed by atoms with van der Waals surface area (Å²) < 4.78 is 6.60. The van der Waals surface area contributed by atoms with Gasteiger partial charge in [-0.25, -0.2) is 9.78 Å². The molecule has 34 heavy (non-hydrogen) atoms. The van der Waals surface area contributed by atoms with Crippen molar-refractivity contribution in [2.75, 3.05) is 7.11 Å². The number of methoxy groups -OCH3 is 1. The number of carbonyl (C=O) groups excluding carboxylic acids is 1. The van der Waals surface area contributed by atoms with Gasteiger partial charge in [-0.2, -0.15) is 5.48 Å². The second-order valence-corrected chi connectivity index (χ2v) is 10.1. The van der Waals surface area contributed by atoms with Crippen LogP contribution in [-0.2, 0) is 9.53 Å². The molecule has 8 nitrogen and oxygen atoms in total. The van der Waals surface area contributed by atoms with Crippen molar-refractivity contribution in [1.29, 1.82) is 0 Å². The number of piperidine rings is 2. The molecule has 3 heterocycles. The molecule has 2 aliphatic heterocycles. The van der Waals surface area contributed by atoms with Gasteiger partial charge in [0.05, 0.1) is 18.1 Å². The standard InChI is InChI=1S/C26H30N4O4/c1-14-18-12-19(14)20(18)13-29-15-6-5-7-16(29)11-17(10-15)30-22-9-4-3-8-21(22)27-23(25(30)31)24(28-33)26(32)34-2/h3-4,8-9,13,15-19,24,28,33H,1,5-7,10-12H2,2H3/t15-,16+,17?,18?,19?,24?. The number of fused-ring (bicyclic) bond motifs is 3. The third kappa shape index (κ3) is 3.08. The second-order valence-electron chi connectivity index (χ2n) is 10.1. The van der Waals surface area contributed by atoms with E-state index in [0.717, 1.165) is 31.2 Å². The summed E-state index contributed by atoms with van der Waals surface area (Å²) in [7, 11) is 1.22. The van der Waals surface area contributed by atoms with Gasteiger partial charge in [-0.15, -0.1) is 0 Å². The van der Waals surface area contributed by atoms with Crippen molar-refractivity contribution in [1.82, 2.24) is 19.9 Å². The van der Waals surface area contributed by atoms with Crippen molar-refractivity contribution in [2.45, 2.75) is 62.7 Å². The largest absolute Gasteiger partial charge is 0.467 e. The lowest BCUT2D eigenvalue weighted by molar-refractivity contribution is -0.146. The number of hydrogen-bond acceptors (Lipinski definition) is 7. The number of hydrogen-bond donors (Lipinski definition) is 2. The number of rotatable bonds is 5. The summed E-state index contributed by atoms with van der Waals surface area (Å²) >= 11 is 0. The average molecular weight is 463 g/mol. The lowest BCUT2D eigenvalue weighted by Gasteiger charge is -2.58. The van der Waals surface area contributed by atoms with Crippen molar-refractivity contribution < 1.29 is 14.7 Å². The molecule has 4 bridgehead atoms. The van der Waals surface area contributed by atoms with E-state index in [4.69, 9.17) is 4.74 Å². The molecule has 0 amide bonds. The van der Waals surface area contributed by atoms with Crippen LogP contribution in [0.15, 0.2) is 53.0 Å². The molecule has 0 spiro atoms. The number of carbonyl (C=O) groups is 1. The van der Waals surface area contributed by atoms with E-state index in [1.54, 1.807) is 5.57 Å². The fourth-order valence-electron chi connectivity index (χ4n) is 6.54. The predicted molar refractivity (Wildman–Crippen MR) is 126 cm³/mol. The van der Waals surface area contributed by atoms with Crippen molar-refractivity contribution in [3.63, 3.8) is 0 Å². The lowest BCUT2D eigenvalue weighted by atomic mass is 9.49. The van der Waals surface area contributed by atoms with Crippen LogP contribution in [0.25, 0.3) is 11.0 Å². The smallest absolute Gasteiger partial charge is 0.331 e. The first-order valence-corrected chi connectivity index (χ1v) is 12.2. The number of ether oxygens (including phenoxy) is 1. The highest BCUT2D eigenvalue weighted by molar-refractivity contribution is 5.79. The molecular formula is C26H30N4O4. The number of aromatic nitrogens is 2. The lowest BCUT2D eigenvalue weighted by Crippen LogP contribution is -2.53. The van der Waals surface area contributed by atoms with Gasteiger partial charge in [0.15, 0.2) is 6.04 Å². The van der Waals surface area contributed by atoms with E-state index in [2.05, 4.69) is 22.7 Å². The molecule has 2 saturated heterocycles. The number of benzene rings is 1. The summed E-state index contributed by atoms with van der Waals surface area (Å²) in [6, 6.07) is 6.91. The number of nitrogens with one attached hydrogen (secondary N) is 1. The summed E-state index contributed by atoms with van der Waals surface area (Å²) in [5.74, 6) is 0.436. The van der Waals surface area contributed by atoms with Gasteiger partial charge in [0.25, 0.3) is 5.56 Å². The van der Waals surface area contributed by atoms with Gasteiger partial charge in [0.2, 0.25) is 0 Å². The summed E-state index contributed by atoms with van der Waals surface area (Å²) in [6.45, 7) is 4.19. The van der Waals surface area contributed by atoms with Gasteiger partial charge in [0, 0.05) is 36.2 Å². The summed E-state index contributed by atoms with van der Waals surface area (Å²) in [5.41, 5.74) is 5.83. The first kappa shape index (κ1) is 21.6. The summed E-state index contributed by atoms with van der Waals surface area (Å²) in [5, 5.41) is 9.64. The summed E-state index contributed by atoms with van der Waals surface area (Å²) in [4.78, 5) is 33.0. The molecule has 8 heteroatoms. The van der Waals surface area contributed by atoms with Gasteiger partial charge in [0.1, 0.15) is 5.69 Å². The maximum atomic E-state index is 13.7. The van der Waals surface area contributed by atoms with E-state index < -0.39 is 12.0 Å². The fourth-order valence-corrected chi connectivity index (χ4v) is 6.54. The highest BCUT2D eigenvalue weighted by atomic mass is 16.5. The Hall–Kier alpha value is -2.97. The fraction of sp³-hybridized carbons (Fsp3) is 0.500. The molecule has 2 N–H and O–H groups in total. The first-order chi connectivity index (χ1) is 16.5. The highest BCUT2D eigenvalue weighted by Gasteiger charge is 2.52. The molecule has 178 valence electrons. The van der Waals surface area contributed by atoms with Crippen molar-refractivity contribution in [2.24, 2.45) is 11.8 Å². The van der Waals surface area contributed by atoms with Gasteiger partial charge in [-0.1, -0.05) is 24.3 Å². The third-order valence-corrected chi connectivity index (χ3v) is 8.50. The highest BCUT2D eigenvalue weighted by Crippen LogP contribution is 2.62. The Morgan fingerprint density at radius 3 is 2.53 bits per heavy atom. The minimum absolute atomic E-state index is 0.00743. The normalized spacial score (nSPS) is 30.4. The Bertz CT molecular complexity index is 1240. The van der Waals surface area contributed by atoms with Crippen LogP contribution in [0.5, 0.6) is 0 Å². The average Bonchev–Trinajstić information content (AvgIpc) is 2.81. The molecule has 3 aliphatic carbocycles. The van der Waals surface area contributed by atoms with Crippen LogP contribution in [0.4, 0.5) is 0 Å². The molecule has 1 aromatic heterocycles. The van der Waals surface area contributed by atoms with Crippen LogP contribution in [-0.4, -0.2) is 44.8 Å². The zero-order valence-corrected chi connectivity index (χ0v) is 19.3. The van der Waals surface area contributed by atoms with Crippen LogP contribution in [0.2, 0.25) is 0 Å². The SMILES string of the molecule is C=C1C2CC1C2=CN1[C@@H]2CCC[C@H]1CC(n1c(=O)c(C(NO)C(=O)OC)nc3ccccc31)C2. The van der Waals surface area contributed by atoms with Crippen LogP contribution in [0.3, 0.4) is 0 Å². The predicted octanol–water partition coefficient (Wildman–Crippen LogP) is 3.24. The number of hydroxylamine groups is 1.